The van der Waals surface area contributed by atoms with Crippen molar-refractivity contribution in [2.24, 2.45) is 0 Å². The van der Waals surface area contributed by atoms with Crippen LogP contribution in [0.5, 0.6) is 5.75 Å². The fourth-order valence-corrected chi connectivity index (χ4v) is 3.15. The van der Waals surface area contributed by atoms with E-state index in [1.165, 1.54) is 0 Å². The molecule has 2 rings (SSSR count). The van der Waals surface area contributed by atoms with E-state index in [4.69, 9.17) is 4.74 Å². The van der Waals surface area contributed by atoms with Gasteiger partial charge in [0, 0.05) is 6.54 Å². The van der Waals surface area contributed by atoms with Crippen LogP contribution < -0.4 is 14.8 Å². The van der Waals surface area contributed by atoms with Gasteiger partial charge in [-0.1, -0.05) is 18.2 Å². The maximum absolute atomic E-state index is 12.8. The average molecular weight is 366 g/mol. The molecule has 0 heterocycles. The van der Waals surface area contributed by atoms with E-state index in [2.05, 4.69) is 10.0 Å². The number of amides is 1. The van der Waals surface area contributed by atoms with Crippen LogP contribution in [0.2, 0.25) is 0 Å². The third-order valence-electron chi connectivity index (χ3n) is 3.46. The van der Waals surface area contributed by atoms with Crippen molar-refractivity contribution in [3.8, 4) is 5.75 Å². The van der Waals surface area contributed by atoms with Gasteiger partial charge < -0.3 is 10.1 Å². The van der Waals surface area contributed by atoms with Crippen LogP contribution in [0.1, 0.15) is 5.56 Å². The zero-order valence-electron chi connectivity index (χ0n) is 13.7. The molecule has 0 unspecified atom stereocenters. The molecule has 2 aromatic carbocycles. The predicted molar refractivity (Wildman–Crippen MR) is 91.3 cm³/mol. The molecule has 0 atom stereocenters. The van der Waals surface area contributed by atoms with Gasteiger partial charge in [-0.25, -0.2) is 17.5 Å². The van der Waals surface area contributed by atoms with Crippen LogP contribution in [0.25, 0.3) is 0 Å². The second-order valence-corrected chi connectivity index (χ2v) is 6.96. The Labute approximate surface area is 146 Å². The van der Waals surface area contributed by atoms with Gasteiger partial charge in [-0.05, 0) is 42.3 Å². The number of rotatable bonds is 8. The molecule has 0 aliphatic rings. The molecule has 0 spiro atoms. The highest BCUT2D eigenvalue weighted by atomic mass is 32.2. The summed E-state index contributed by atoms with van der Waals surface area (Å²) in [4.78, 5) is 11.7. The summed E-state index contributed by atoms with van der Waals surface area (Å²) < 4.78 is 44.2. The zero-order valence-corrected chi connectivity index (χ0v) is 14.5. The number of sulfonamides is 1. The lowest BCUT2D eigenvalue weighted by atomic mass is 10.1. The lowest BCUT2D eigenvalue weighted by Crippen LogP contribution is -2.37. The largest absolute Gasteiger partial charge is 0.496 e. The van der Waals surface area contributed by atoms with E-state index in [0.29, 0.717) is 13.0 Å². The second-order valence-electron chi connectivity index (χ2n) is 5.19. The van der Waals surface area contributed by atoms with Gasteiger partial charge in [0.2, 0.25) is 15.9 Å². The van der Waals surface area contributed by atoms with Gasteiger partial charge in [-0.15, -0.1) is 0 Å². The van der Waals surface area contributed by atoms with Crippen LogP contribution in [-0.2, 0) is 21.2 Å². The minimum absolute atomic E-state index is 0.101. The molecule has 25 heavy (non-hydrogen) atoms. The summed E-state index contributed by atoms with van der Waals surface area (Å²) >= 11 is 0. The number of para-hydroxylation sites is 1. The lowest BCUT2D eigenvalue weighted by molar-refractivity contribution is -0.119. The molecule has 0 saturated carbocycles. The van der Waals surface area contributed by atoms with Crippen LogP contribution in [0, 0.1) is 5.82 Å². The van der Waals surface area contributed by atoms with Crippen molar-refractivity contribution in [3.63, 3.8) is 0 Å². The summed E-state index contributed by atoms with van der Waals surface area (Å²) in [7, 11) is -2.29. The minimum atomic E-state index is -3.86. The van der Waals surface area contributed by atoms with Gasteiger partial charge >= 0.3 is 0 Å². The first-order chi connectivity index (χ1) is 11.9. The minimum Gasteiger partial charge on any atom is -0.496 e. The quantitative estimate of drug-likeness (QED) is 0.741. The highest BCUT2D eigenvalue weighted by Gasteiger charge is 2.15. The summed E-state index contributed by atoms with van der Waals surface area (Å²) in [5.41, 5.74) is 0.942. The highest BCUT2D eigenvalue weighted by Crippen LogP contribution is 2.17. The highest BCUT2D eigenvalue weighted by molar-refractivity contribution is 7.89. The maximum Gasteiger partial charge on any atom is 0.241 e. The summed E-state index contributed by atoms with van der Waals surface area (Å²) in [6.45, 7) is -0.0525. The number of benzene rings is 2. The van der Waals surface area contributed by atoms with Crippen LogP contribution in [0.3, 0.4) is 0 Å². The van der Waals surface area contributed by atoms with Gasteiger partial charge in [0.15, 0.2) is 0 Å². The lowest BCUT2D eigenvalue weighted by Gasteiger charge is -2.10. The van der Waals surface area contributed by atoms with Gasteiger partial charge in [0.05, 0.1) is 18.6 Å². The Morgan fingerprint density at radius 1 is 1.12 bits per heavy atom. The van der Waals surface area contributed by atoms with E-state index in [1.54, 1.807) is 7.11 Å². The normalized spacial score (nSPS) is 11.1. The number of methoxy groups -OCH3 is 1. The van der Waals surface area contributed by atoms with E-state index in [-0.39, 0.29) is 4.90 Å². The molecular formula is C17H19FN2O4S. The fourth-order valence-electron chi connectivity index (χ4n) is 2.17. The Bertz CT molecular complexity index is 823. The molecule has 6 nitrogen and oxygen atoms in total. The SMILES string of the molecule is COc1ccccc1CCNC(=O)CNS(=O)(=O)c1ccc(F)cc1. The van der Waals surface area contributed by atoms with E-state index in [0.717, 1.165) is 35.6 Å². The van der Waals surface area contributed by atoms with E-state index in [1.807, 2.05) is 24.3 Å². The first-order valence-electron chi connectivity index (χ1n) is 7.56. The van der Waals surface area contributed by atoms with Crippen LogP contribution in [0.4, 0.5) is 4.39 Å². The summed E-state index contributed by atoms with van der Waals surface area (Å²) in [6.07, 6.45) is 0.556. The number of hydrogen-bond acceptors (Lipinski definition) is 4. The van der Waals surface area contributed by atoms with Gasteiger partial charge in [0.25, 0.3) is 0 Å². The Balaban J connectivity index is 1.81. The van der Waals surface area contributed by atoms with Crippen molar-refractivity contribution in [1.82, 2.24) is 10.0 Å². The fraction of sp³-hybridized carbons (Fsp3) is 0.235. The van der Waals surface area contributed by atoms with Crippen molar-refractivity contribution in [2.45, 2.75) is 11.3 Å². The molecule has 1 amide bonds. The number of carbonyl (C=O) groups excluding carboxylic acids is 1. The predicted octanol–water partition coefficient (Wildman–Crippen LogP) is 1.47. The molecular weight excluding hydrogens is 347 g/mol. The average Bonchev–Trinajstić information content (AvgIpc) is 2.61. The number of carbonyl (C=O) groups is 1. The summed E-state index contributed by atoms with van der Waals surface area (Å²) in [6, 6.07) is 11.8. The monoisotopic (exact) mass is 366 g/mol. The Morgan fingerprint density at radius 2 is 1.80 bits per heavy atom. The third kappa shape index (κ3) is 5.54. The van der Waals surface area contributed by atoms with Gasteiger partial charge in [0.1, 0.15) is 11.6 Å². The molecule has 0 saturated heterocycles. The first kappa shape index (κ1) is 18.9. The third-order valence-corrected chi connectivity index (χ3v) is 4.87. The number of halogens is 1. The smallest absolute Gasteiger partial charge is 0.241 e. The van der Waals surface area contributed by atoms with Gasteiger partial charge in [-0.2, -0.15) is 0 Å². The van der Waals surface area contributed by atoms with Gasteiger partial charge in [-0.3, -0.25) is 4.79 Å². The number of ether oxygens (including phenoxy) is 1. The van der Waals surface area contributed by atoms with Crippen molar-refractivity contribution in [3.05, 3.63) is 59.9 Å². The number of hydrogen-bond donors (Lipinski definition) is 2. The standard InChI is InChI=1S/C17H19FN2O4S/c1-24-16-5-3-2-4-13(16)10-11-19-17(21)12-20-25(22,23)15-8-6-14(18)7-9-15/h2-9,20H,10-12H2,1H3,(H,19,21). The molecule has 0 bridgehead atoms. The second kappa shape index (κ2) is 8.59. The topological polar surface area (TPSA) is 84.5 Å². The first-order valence-corrected chi connectivity index (χ1v) is 9.04. The number of nitrogens with one attached hydrogen (secondary N) is 2. The van der Waals surface area contributed by atoms with Crippen molar-refractivity contribution in [2.75, 3.05) is 20.2 Å². The van der Waals surface area contributed by atoms with Crippen LogP contribution >= 0.6 is 0 Å². The maximum atomic E-state index is 12.8. The van der Waals surface area contributed by atoms with Crippen molar-refractivity contribution in [1.29, 1.82) is 0 Å². The molecule has 2 N–H and O–H groups in total. The Morgan fingerprint density at radius 3 is 2.48 bits per heavy atom. The van der Waals surface area contributed by atoms with E-state index >= 15 is 0 Å². The molecule has 0 aromatic heterocycles. The van der Waals surface area contributed by atoms with E-state index in [9.17, 15) is 17.6 Å². The molecule has 134 valence electrons. The Hall–Kier alpha value is -2.45. The molecule has 8 heteroatoms. The zero-order chi connectivity index (χ0) is 18.3. The summed E-state index contributed by atoms with van der Waals surface area (Å²) in [5, 5.41) is 2.63. The molecule has 0 aliphatic carbocycles. The Kier molecular flexibility index (Phi) is 6.49. The molecule has 2 aromatic rings. The van der Waals surface area contributed by atoms with Crippen LogP contribution in [-0.4, -0.2) is 34.5 Å². The summed E-state index contributed by atoms with van der Waals surface area (Å²) in [5.74, 6) is -0.262. The van der Waals surface area contributed by atoms with Crippen molar-refractivity contribution >= 4 is 15.9 Å². The van der Waals surface area contributed by atoms with Crippen LogP contribution in [0.15, 0.2) is 53.4 Å². The molecule has 0 radical (unpaired) electrons. The van der Waals surface area contributed by atoms with E-state index < -0.39 is 28.3 Å². The molecule has 0 aliphatic heterocycles. The van der Waals surface area contributed by atoms with Crippen molar-refractivity contribution < 1.29 is 22.3 Å². The molecule has 0 fully saturated rings.